The number of phenolic OH excluding ortho intramolecular Hbond substituents is 1. The number of aromatic nitrogens is 2. The second-order valence-corrected chi connectivity index (χ2v) is 4.85. The number of pyridine rings is 1. The summed E-state index contributed by atoms with van der Waals surface area (Å²) in [6.07, 6.45) is 1.64. The van der Waals surface area contributed by atoms with Crippen molar-refractivity contribution >= 4 is 16.8 Å². The largest absolute Gasteiger partial charge is 0.507 e. The van der Waals surface area contributed by atoms with Crippen LogP contribution in [0.5, 0.6) is 5.75 Å². The van der Waals surface area contributed by atoms with Gasteiger partial charge < -0.3 is 9.67 Å². The van der Waals surface area contributed by atoms with E-state index in [2.05, 4.69) is 0 Å². The normalized spacial score (nSPS) is 12.8. The molecule has 3 heterocycles. The molecule has 2 aromatic heterocycles. The monoisotopic (exact) mass is 266 g/mol. The highest BCUT2D eigenvalue weighted by atomic mass is 16.3. The first-order valence-electron chi connectivity index (χ1n) is 6.18. The molecule has 0 fully saturated rings. The molecule has 0 saturated heterocycles. The average molecular weight is 266 g/mol. The molecule has 0 aliphatic carbocycles. The fourth-order valence-electron chi connectivity index (χ4n) is 2.93. The first kappa shape index (κ1) is 11.0. The van der Waals surface area contributed by atoms with Crippen LogP contribution in [0.15, 0.2) is 41.3 Å². The Balaban J connectivity index is 2.32. The van der Waals surface area contributed by atoms with E-state index in [0.717, 1.165) is 0 Å². The highest BCUT2D eigenvalue weighted by molar-refractivity contribution is 6.10. The maximum absolute atomic E-state index is 12.6. The van der Waals surface area contributed by atoms with E-state index >= 15 is 0 Å². The van der Waals surface area contributed by atoms with Crippen molar-refractivity contribution in [1.29, 1.82) is 0 Å². The molecule has 98 valence electrons. The van der Waals surface area contributed by atoms with Crippen molar-refractivity contribution < 1.29 is 9.90 Å². The van der Waals surface area contributed by atoms with Crippen molar-refractivity contribution in [2.45, 2.75) is 0 Å². The molecular formula is C15H10N2O3. The summed E-state index contributed by atoms with van der Waals surface area (Å²) in [6.45, 7) is 0. The lowest BCUT2D eigenvalue weighted by atomic mass is 10.1. The summed E-state index contributed by atoms with van der Waals surface area (Å²) < 4.78 is 3.24. The first-order valence-corrected chi connectivity index (χ1v) is 6.18. The lowest BCUT2D eigenvalue weighted by Gasteiger charge is -2.11. The highest BCUT2D eigenvalue weighted by Crippen LogP contribution is 2.33. The molecule has 3 aromatic rings. The van der Waals surface area contributed by atoms with Gasteiger partial charge >= 0.3 is 0 Å². The van der Waals surface area contributed by atoms with E-state index in [1.807, 2.05) is 0 Å². The number of phenols is 1. The third-order valence-electron chi connectivity index (χ3n) is 3.83. The standard InChI is InChI=1S/C15H10N2O3/c1-16-8-4-2-6-10(18)11(8)14(19)12-13(16)9-5-3-7-17(9)15(12)20/h2-7,18H,1H3. The fraction of sp³-hybridized carbons (Fsp3) is 0.0667. The Bertz CT molecular complexity index is 963. The number of hydrogen-bond donors (Lipinski definition) is 1. The molecule has 1 N–H and O–H groups in total. The lowest BCUT2D eigenvalue weighted by molar-refractivity contribution is 0.0968. The maximum atomic E-state index is 12.6. The number of aromatic hydroxyl groups is 1. The fourth-order valence-corrected chi connectivity index (χ4v) is 2.93. The summed E-state index contributed by atoms with van der Waals surface area (Å²) in [5.74, 6) is -0.443. The summed E-state index contributed by atoms with van der Waals surface area (Å²) in [4.78, 5) is 24.9. The van der Waals surface area contributed by atoms with Gasteiger partial charge in [-0.15, -0.1) is 0 Å². The molecule has 0 radical (unpaired) electrons. The van der Waals surface area contributed by atoms with E-state index < -0.39 is 5.43 Å². The zero-order valence-corrected chi connectivity index (χ0v) is 10.6. The molecule has 0 saturated carbocycles. The van der Waals surface area contributed by atoms with Crippen LogP contribution in [0.1, 0.15) is 10.4 Å². The third kappa shape index (κ3) is 1.08. The van der Waals surface area contributed by atoms with Gasteiger partial charge in [-0.1, -0.05) is 6.07 Å². The number of fused-ring (bicyclic) bond motifs is 4. The van der Waals surface area contributed by atoms with Gasteiger partial charge in [-0.3, -0.25) is 14.2 Å². The summed E-state index contributed by atoms with van der Waals surface area (Å²) >= 11 is 0. The van der Waals surface area contributed by atoms with Crippen molar-refractivity contribution in [3.05, 3.63) is 52.3 Å². The van der Waals surface area contributed by atoms with E-state index in [9.17, 15) is 14.7 Å². The minimum absolute atomic E-state index is 0.102. The molecule has 0 unspecified atom stereocenters. The van der Waals surface area contributed by atoms with Gasteiger partial charge in [0.25, 0.3) is 5.91 Å². The predicted octanol–water partition coefficient (Wildman–Crippen LogP) is 1.71. The van der Waals surface area contributed by atoms with Crippen molar-refractivity contribution in [1.82, 2.24) is 9.13 Å². The minimum Gasteiger partial charge on any atom is -0.507 e. The zero-order valence-electron chi connectivity index (χ0n) is 10.6. The third-order valence-corrected chi connectivity index (χ3v) is 3.83. The van der Waals surface area contributed by atoms with Gasteiger partial charge in [-0.2, -0.15) is 0 Å². The average Bonchev–Trinajstić information content (AvgIpc) is 2.99. The van der Waals surface area contributed by atoms with Gasteiger partial charge in [0, 0.05) is 13.2 Å². The van der Waals surface area contributed by atoms with Crippen molar-refractivity contribution in [3.8, 4) is 17.1 Å². The van der Waals surface area contributed by atoms with Crippen LogP contribution in [-0.4, -0.2) is 20.1 Å². The number of nitrogens with zero attached hydrogens (tertiary/aromatic N) is 2. The Kier molecular flexibility index (Phi) is 1.87. The first-order chi connectivity index (χ1) is 9.61. The van der Waals surface area contributed by atoms with Crippen LogP contribution in [0.3, 0.4) is 0 Å². The Morgan fingerprint density at radius 2 is 1.90 bits per heavy atom. The van der Waals surface area contributed by atoms with E-state index in [0.29, 0.717) is 16.9 Å². The number of benzene rings is 1. The molecule has 20 heavy (non-hydrogen) atoms. The number of carbonyl (C=O) groups is 1. The van der Waals surface area contributed by atoms with Crippen LogP contribution in [0, 0.1) is 0 Å². The Hall–Kier alpha value is -2.82. The predicted molar refractivity (Wildman–Crippen MR) is 74.0 cm³/mol. The Morgan fingerprint density at radius 1 is 1.10 bits per heavy atom. The summed E-state index contributed by atoms with van der Waals surface area (Å²) in [7, 11) is 1.79. The Morgan fingerprint density at radius 3 is 2.70 bits per heavy atom. The van der Waals surface area contributed by atoms with Crippen molar-refractivity contribution in [2.24, 2.45) is 7.05 Å². The van der Waals surface area contributed by atoms with Crippen LogP contribution in [-0.2, 0) is 7.05 Å². The number of aryl methyl sites for hydroxylation is 1. The topological polar surface area (TPSA) is 64.2 Å². The van der Waals surface area contributed by atoms with Gasteiger partial charge in [-0.05, 0) is 24.3 Å². The second-order valence-electron chi connectivity index (χ2n) is 4.85. The van der Waals surface area contributed by atoms with Gasteiger partial charge in [0.2, 0.25) is 5.43 Å². The van der Waals surface area contributed by atoms with Gasteiger partial charge in [0.1, 0.15) is 11.3 Å². The number of hydrogen-bond acceptors (Lipinski definition) is 3. The van der Waals surface area contributed by atoms with Gasteiger partial charge in [0.05, 0.1) is 22.3 Å². The molecule has 1 aliphatic rings. The van der Waals surface area contributed by atoms with Crippen LogP contribution >= 0.6 is 0 Å². The lowest BCUT2D eigenvalue weighted by Crippen LogP contribution is -2.19. The zero-order chi connectivity index (χ0) is 14.0. The number of rotatable bonds is 0. The quantitative estimate of drug-likeness (QED) is 0.527. The van der Waals surface area contributed by atoms with Crippen LogP contribution < -0.4 is 5.43 Å². The summed E-state index contributed by atoms with van der Waals surface area (Å²) in [6, 6.07) is 8.47. The molecule has 1 aromatic carbocycles. The molecule has 0 atom stereocenters. The van der Waals surface area contributed by atoms with Crippen LogP contribution in [0.2, 0.25) is 0 Å². The minimum atomic E-state index is -0.417. The second kappa shape index (κ2) is 3.39. The molecular weight excluding hydrogens is 256 g/mol. The van der Waals surface area contributed by atoms with E-state index in [-0.39, 0.29) is 22.6 Å². The van der Waals surface area contributed by atoms with E-state index in [4.69, 9.17) is 0 Å². The highest BCUT2D eigenvalue weighted by Gasteiger charge is 2.32. The van der Waals surface area contributed by atoms with Crippen molar-refractivity contribution in [3.63, 3.8) is 0 Å². The SMILES string of the molecule is Cn1c2c(c(=O)c3c(O)cccc31)C(=O)n1cccc1-2. The number of carbonyl (C=O) groups excluding carboxylic acids is 1. The molecule has 5 heteroatoms. The molecule has 0 bridgehead atoms. The molecule has 5 nitrogen and oxygen atoms in total. The summed E-state index contributed by atoms with van der Waals surface area (Å²) in [5.41, 5.74) is 1.62. The van der Waals surface area contributed by atoms with Gasteiger partial charge in [0.15, 0.2) is 0 Å². The van der Waals surface area contributed by atoms with Crippen LogP contribution in [0.25, 0.3) is 22.3 Å². The summed E-state index contributed by atoms with van der Waals surface area (Å²) in [5, 5.41) is 10.1. The van der Waals surface area contributed by atoms with Crippen LogP contribution in [0.4, 0.5) is 0 Å². The van der Waals surface area contributed by atoms with E-state index in [1.54, 1.807) is 42.1 Å². The van der Waals surface area contributed by atoms with E-state index in [1.165, 1.54) is 10.6 Å². The molecule has 4 rings (SSSR count). The van der Waals surface area contributed by atoms with Crippen molar-refractivity contribution in [2.75, 3.05) is 0 Å². The molecule has 1 aliphatic heterocycles. The Labute approximate surface area is 113 Å². The van der Waals surface area contributed by atoms with Gasteiger partial charge in [-0.25, -0.2) is 0 Å². The maximum Gasteiger partial charge on any atom is 0.268 e. The smallest absolute Gasteiger partial charge is 0.268 e. The molecule has 0 amide bonds. The molecule has 0 spiro atoms.